The molecule has 3 rings (SSSR count). The van der Waals surface area contributed by atoms with Gasteiger partial charge in [-0.2, -0.15) is 0 Å². The van der Waals surface area contributed by atoms with Crippen molar-refractivity contribution >= 4 is 0 Å². The second-order valence-electron chi connectivity index (χ2n) is 8.56. The Morgan fingerprint density at radius 1 is 0.613 bits per heavy atom. The highest BCUT2D eigenvalue weighted by Crippen LogP contribution is 2.33. The summed E-state index contributed by atoms with van der Waals surface area (Å²) in [5.41, 5.74) is 0. The minimum absolute atomic E-state index is 0.285. The quantitative estimate of drug-likeness (QED) is 0.570. The highest BCUT2D eigenvalue weighted by molar-refractivity contribution is 4.88. The first kappa shape index (κ1) is 25.2. The van der Waals surface area contributed by atoms with E-state index >= 15 is 0 Å². The third kappa shape index (κ3) is 5.94. The van der Waals surface area contributed by atoms with Gasteiger partial charge in [0.2, 0.25) is 0 Å². The molecule has 0 aliphatic carbocycles. The van der Waals surface area contributed by atoms with Crippen molar-refractivity contribution in [3.8, 4) is 0 Å². The predicted molar refractivity (Wildman–Crippen MR) is 107 cm³/mol. The maximum Gasteiger partial charge on any atom is 0.161 e. The van der Waals surface area contributed by atoms with Crippen molar-refractivity contribution in [1.29, 1.82) is 0 Å². The van der Waals surface area contributed by atoms with E-state index in [9.17, 15) is 10.2 Å². The number of methoxy groups -OCH3 is 3. The van der Waals surface area contributed by atoms with Gasteiger partial charge in [-0.1, -0.05) is 0 Å². The molecular formula is C21H38O10. The van der Waals surface area contributed by atoms with Gasteiger partial charge in [0.25, 0.3) is 0 Å². The fraction of sp³-hybridized carbons (Fsp3) is 1.00. The SMILES string of the molecule is CO[C@@H]1C[C@@H](O[C@@H]2[C@@H](C)O[C@@H](O[C@@H]3[C@@H](C)O[C@H](O)C[C@H]3OC)C[C@H]2OC)O[C@H](C)[C@H]1O. The van der Waals surface area contributed by atoms with E-state index in [1.807, 2.05) is 13.8 Å². The van der Waals surface area contributed by atoms with E-state index in [0.717, 1.165) is 0 Å². The van der Waals surface area contributed by atoms with Gasteiger partial charge >= 0.3 is 0 Å². The molecule has 3 saturated heterocycles. The van der Waals surface area contributed by atoms with Gasteiger partial charge in [-0.3, -0.25) is 0 Å². The number of aliphatic hydroxyl groups excluding tert-OH is 2. The molecule has 0 unspecified atom stereocenters. The molecule has 0 spiro atoms. The monoisotopic (exact) mass is 450 g/mol. The Balaban J connectivity index is 1.60. The van der Waals surface area contributed by atoms with Gasteiger partial charge in [-0.05, 0) is 20.8 Å². The lowest BCUT2D eigenvalue weighted by atomic mass is 9.99. The molecule has 0 aromatic heterocycles. The minimum atomic E-state index is -0.872. The summed E-state index contributed by atoms with van der Waals surface area (Å²) in [5.74, 6) is 0. The van der Waals surface area contributed by atoms with Gasteiger partial charge in [0.15, 0.2) is 18.9 Å². The molecule has 3 aliphatic heterocycles. The molecule has 0 saturated carbocycles. The van der Waals surface area contributed by atoms with E-state index in [0.29, 0.717) is 19.3 Å². The lowest BCUT2D eigenvalue weighted by molar-refractivity contribution is -0.334. The molecule has 10 nitrogen and oxygen atoms in total. The van der Waals surface area contributed by atoms with Gasteiger partial charge in [-0.15, -0.1) is 0 Å². The molecule has 182 valence electrons. The van der Waals surface area contributed by atoms with Gasteiger partial charge < -0.3 is 48.1 Å². The predicted octanol–water partition coefficient (Wildman–Crippen LogP) is 0.560. The van der Waals surface area contributed by atoms with Crippen LogP contribution in [0.4, 0.5) is 0 Å². The largest absolute Gasteiger partial charge is 0.388 e. The molecule has 3 heterocycles. The van der Waals surface area contributed by atoms with E-state index in [-0.39, 0.29) is 42.7 Å². The molecule has 0 aromatic rings. The van der Waals surface area contributed by atoms with Crippen LogP contribution in [0.5, 0.6) is 0 Å². The van der Waals surface area contributed by atoms with Crippen LogP contribution in [-0.4, -0.2) is 105 Å². The lowest BCUT2D eigenvalue weighted by Crippen LogP contribution is -2.56. The zero-order valence-electron chi connectivity index (χ0n) is 19.2. The van der Waals surface area contributed by atoms with Crippen molar-refractivity contribution in [2.24, 2.45) is 0 Å². The molecule has 31 heavy (non-hydrogen) atoms. The van der Waals surface area contributed by atoms with E-state index in [4.69, 9.17) is 37.9 Å². The number of hydrogen-bond acceptors (Lipinski definition) is 10. The van der Waals surface area contributed by atoms with E-state index in [2.05, 4.69) is 0 Å². The molecule has 3 aliphatic rings. The standard InChI is InChI=1S/C21H38O10/c1-10-19(23)13(24-4)8-17(28-10)30-21-12(3)29-18(9-15(21)26-6)31-20-11(2)27-16(22)7-14(20)25-5/h10-23H,7-9H2,1-6H3/t10-,11-,12-,13-,14-,15-,16+,17-,18+,19-,20-,21-/m1/s1. The van der Waals surface area contributed by atoms with E-state index < -0.39 is 31.1 Å². The third-order valence-corrected chi connectivity index (χ3v) is 6.43. The van der Waals surface area contributed by atoms with Crippen LogP contribution in [-0.2, 0) is 37.9 Å². The molecule has 0 amide bonds. The summed E-state index contributed by atoms with van der Waals surface area (Å²) in [5, 5.41) is 20.0. The highest BCUT2D eigenvalue weighted by Gasteiger charge is 2.45. The summed E-state index contributed by atoms with van der Waals surface area (Å²) >= 11 is 0. The van der Waals surface area contributed by atoms with Crippen LogP contribution >= 0.6 is 0 Å². The first-order valence-electron chi connectivity index (χ1n) is 11.0. The lowest BCUT2D eigenvalue weighted by Gasteiger charge is -2.45. The Kier molecular flexibility index (Phi) is 9.07. The highest BCUT2D eigenvalue weighted by atomic mass is 16.7. The van der Waals surface area contributed by atoms with Crippen molar-refractivity contribution in [3.05, 3.63) is 0 Å². The molecule has 0 bridgehead atoms. The average Bonchev–Trinajstić information content (AvgIpc) is 2.73. The molecule has 0 aromatic carbocycles. The minimum Gasteiger partial charge on any atom is -0.388 e. The summed E-state index contributed by atoms with van der Waals surface area (Å²) in [7, 11) is 4.79. The zero-order valence-corrected chi connectivity index (χ0v) is 19.2. The van der Waals surface area contributed by atoms with Crippen molar-refractivity contribution in [1.82, 2.24) is 0 Å². The van der Waals surface area contributed by atoms with Gasteiger partial charge in [0.1, 0.15) is 18.3 Å². The number of rotatable bonds is 7. The molecular weight excluding hydrogens is 412 g/mol. The van der Waals surface area contributed by atoms with E-state index in [1.54, 1.807) is 28.3 Å². The van der Waals surface area contributed by atoms with Crippen LogP contribution in [0.15, 0.2) is 0 Å². The normalized spacial score (nSPS) is 49.2. The number of hydrogen-bond donors (Lipinski definition) is 2. The Hall–Kier alpha value is -0.400. The van der Waals surface area contributed by atoms with Gasteiger partial charge in [0.05, 0.1) is 36.6 Å². The van der Waals surface area contributed by atoms with Crippen LogP contribution in [0, 0.1) is 0 Å². The summed E-state index contributed by atoms with van der Waals surface area (Å²) < 4.78 is 46.4. The van der Waals surface area contributed by atoms with Gasteiger partial charge in [0, 0.05) is 40.6 Å². The zero-order chi connectivity index (χ0) is 22.7. The van der Waals surface area contributed by atoms with Crippen LogP contribution in [0.1, 0.15) is 40.0 Å². The van der Waals surface area contributed by atoms with Crippen LogP contribution in [0.25, 0.3) is 0 Å². The first-order valence-corrected chi connectivity index (χ1v) is 11.0. The fourth-order valence-electron chi connectivity index (χ4n) is 4.64. The van der Waals surface area contributed by atoms with Crippen molar-refractivity contribution in [2.45, 2.75) is 114 Å². The Bertz CT molecular complexity index is 550. The van der Waals surface area contributed by atoms with Crippen LogP contribution in [0.2, 0.25) is 0 Å². The molecule has 0 radical (unpaired) electrons. The first-order chi connectivity index (χ1) is 14.8. The second-order valence-corrected chi connectivity index (χ2v) is 8.56. The van der Waals surface area contributed by atoms with Crippen LogP contribution < -0.4 is 0 Å². The molecule has 12 atom stereocenters. The molecule has 10 heteroatoms. The topological polar surface area (TPSA) is 114 Å². The van der Waals surface area contributed by atoms with Crippen molar-refractivity contribution in [3.63, 3.8) is 0 Å². The smallest absolute Gasteiger partial charge is 0.161 e. The average molecular weight is 451 g/mol. The maximum absolute atomic E-state index is 10.2. The third-order valence-electron chi connectivity index (χ3n) is 6.43. The molecule has 3 fully saturated rings. The fourth-order valence-corrected chi connectivity index (χ4v) is 4.64. The van der Waals surface area contributed by atoms with Gasteiger partial charge in [-0.25, -0.2) is 0 Å². The maximum atomic E-state index is 10.2. The second kappa shape index (κ2) is 11.1. The van der Waals surface area contributed by atoms with E-state index in [1.165, 1.54) is 0 Å². The number of ether oxygens (including phenoxy) is 8. The Morgan fingerprint density at radius 2 is 1.06 bits per heavy atom. The number of aliphatic hydroxyl groups is 2. The Labute approximate surface area is 184 Å². The van der Waals surface area contributed by atoms with Crippen LogP contribution in [0.3, 0.4) is 0 Å². The summed E-state index contributed by atoms with van der Waals surface area (Å²) in [4.78, 5) is 0. The Morgan fingerprint density at radius 3 is 1.61 bits per heavy atom. The summed E-state index contributed by atoms with van der Waals surface area (Å²) in [6.07, 6.45) is -4.26. The summed E-state index contributed by atoms with van der Waals surface area (Å²) in [6, 6.07) is 0. The summed E-state index contributed by atoms with van der Waals surface area (Å²) in [6.45, 7) is 5.54. The van der Waals surface area contributed by atoms with Crippen molar-refractivity contribution in [2.75, 3.05) is 21.3 Å². The molecule has 2 N–H and O–H groups in total. The van der Waals surface area contributed by atoms with Crippen molar-refractivity contribution < 1.29 is 48.1 Å².